The van der Waals surface area contributed by atoms with Crippen LogP contribution in [0.4, 0.5) is 5.69 Å². The van der Waals surface area contributed by atoms with Crippen LogP contribution in [0.25, 0.3) is 0 Å². The average molecular weight is 328 g/mol. The van der Waals surface area contributed by atoms with Crippen LogP contribution in [-0.4, -0.2) is 34.9 Å². The molecule has 0 bridgehead atoms. The van der Waals surface area contributed by atoms with Gasteiger partial charge < -0.3 is 5.32 Å². The van der Waals surface area contributed by atoms with Gasteiger partial charge in [0, 0.05) is 25.7 Å². The van der Waals surface area contributed by atoms with Gasteiger partial charge in [0.15, 0.2) is 0 Å². The predicted octanol–water partition coefficient (Wildman–Crippen LogP) is 1.68. The highest BCUT2D eigenvalue weighted by Gasteiger charge is 2.25. The summed E-state index contributed by atoms with van der Waals surface area (Å²) >= 11 is 3.16. The third kappa shape index (κ3) is 3.10. The van der Waals surface area contributed by atoms with Gasteiger partial charge in [0.1, 0.15) is 0 Å². The van der Waals surface area contributed by atoms with Crippen molar-refractivity contribution >= 4 is 27.5 Å². The van der Waals surface area contributed by atoms with Crippen LogP contribution < -0.4 is 5.32 Å². The molecule has 102 valence electrons. The molecule has 0 aliphatic carbocycles. The van der Waals surface area contributed by atoms with E-state index in [1.165, 1.54) is 0 Å². The molecule has 1 aliphatic rings. The summed E-state index contributed by atoms with van der Waals surface area (Å²) in [6.07, 6.45) is 0. The van der Waals surface area contributed by atoms with E-state index in [4.69, 9.17) is 0 Å². The third-order valence-electron chi connectivity index (χ3n) is 3.22. The number of carbonyl (C=O) groups is 1. The Morgan fingerprint density at radius 3 is 3.00 bits per heavy atom. The molecule has 1 fully saturated rings. The van der Waals surface area contributed by atoms with Crippen molar-refractivity contribution in [2.45, 2.75) is 19.5 Å². The average Bonchev–Trinajstić information content (AvgIpc) is 2.37. The quantitative estimate of drug-likeness (QED) is 0.677. The van der Waals surface area contributed by atoms with Gasteiger partial charge in [0.25, 0.3) is 5.69 Å². The molecule has 1 saturated heterocycles. The molecule has 1 atom stereocenters. The minimum absolute atomic E-state index is 0.00198. The zero-order valence-electron chi connectivity index (χ0n) is 10.4. The van der Waals surface area contributed by atoms with Crippen LogP contribution in [-0.2, 0) is 11.3 Å². The van der Waals surface area contributed by atoms with E-state index in [2.05, 4.69) is 21.2 Å². The van der Waals surface area contributed by atoms with Crippen molar-refractivity contribution in [2.75, 3.05) is 13.1 Å². The molecule has 0 aromatic heterocycles. The largest absolute Gasteiger partial charge is 0.353 e. The molecule has 0 spiro atoms. The van der Waals surface area contributed by atoms with E-state index in [0.29, 0.717) is 17.6 Å². The minimum Gasteiger partial charge on any atom is -0.353 e. The number of hydrogen-bond acceptors (Lipinski definition) is 4. The minimum atomic E-state index is -0.417. The van der Waals surface area contributed by atoms with Crippen molar-refractivity contribution in [3.63, 3.8) is 0 Å². The molecule has 1 aromatic rings. The topological polar surface area (TPSA) is 75.5 Å². The molecule has 1 heterocycles. The van der Waals surface area contributed by atoms with Crippen molar-refractivity contribution < 1.29 is 9.72 Å². The number of nitrogens with zero attached hydrogens (tertiary/aromatic N) is 2. The molecule has 6 nitrogen and oxygen atoms in total. The van der Waals surface area contributed by atoms with Crippen LogP contribution in [0.3, 0.4) is 0 Å². The first-order chi connectivity index (χ1) is 8.99. The summed E-state index contributed by atoms with van der Waals surface area (Å²) in [5.41, 5.74) is 0.878. The van der Waals surface area contributed by atoms with Crippen LogP contribution in [0.5, 0.6) is 0 Å². The van der Waals surface area contributed by atoms with E-state index < -0.39 is 4.92 Å². The summed E-state index contributed by atoms with van der Waals surface area (Å²) < 4.78 is 0.464. The van der Waals surface area contributed by atoms with Crippen molar-refractivity contribution in [3.8, 4) is 0 Å². The highest BCUT2D eigenvalue weighted by molar-refractivity contribution is 9.10. The Morgan fingerprint density at radius 1 is 1.58 bits per heavy atom. The van der Waals surface area contributed by atoms with Crippen molar-refractivity contribution in [1.82, 2.24) is 10.2 Å². The zero-order valence-corrected chi connectivity index (χ0v) is 12.0. The summed E-state index contributed by atoms with van der Waals surface area (Å²) in [4.78, 5) is 24.0. The molecule has 7 heteroatoms. The van der Waals surface area contributed by atoms with E-state index >= 15 is 0 Å². The van der Waals surface area contributed by atoms with E-state index in [-0.39, 0.29) is 17.6 Å². The fourth-order valence-corrected chi connectivity index (χ4v) is 2.47. The first kappa shape index (κ1) is 14.0. The molecular formula is C12H14BrN3O3. The molecule has 1 aliphatic heterocycles. The maximum Gasteiger partial charge on any atom is 0.283 e. The van der Waals surface area contributed by atoms with Gasteiger partial charge in [-0.25, -0.2) is 0 Å². The van der Waals surface area contributed by atoms with E-state index in [1.807, 2.05) is 17.9 Å². The van der Waals surface area contributed by atoms with E-state index in [9.17, 15) is 14.9 Å². The number of nitro groups is 1. The van der Waals surface area contributed by atoms with Gasteiger partial charge in [-0.15, -0.1) is 0 Å². The Hall–Kier alpha value is -1.47. The van der Waals surface area contributed by atoms with Gasteiger partial charge in [0.2, 0.25) is 5.91 Å². The number of amides is 1. The van der Waals surface area contributed by atoms with Crippen LogP contribution in [0.1, 0.15) is 12.5 Å². The molecule has 2 rings (SSSR count). The SMILES string of the molecule is CC1C(=O)NCCN1Cc1ccc(Br)c([N+](=O)[O-])c1. The van der Waals surface area contributed by atoms with Gasteiger partial charge in [-0.05, 0) is 34.5 Å². The van der Waals surface area contributed by atoms with E-state index in [0.717, 1.165) is 12.1 Å². The lowest BCUT2D eigenvalue weighted by Gasteiger charge is -2.32. The molecule has 1 N–H and O–H groups in total. The monoisotopic (exact) mass is 327 g/mol. The third-order valence-corrected chi connectivity index (χ3v) is 3.89. The number of nitrogens with one attached hydrogen (secondary N) is 1. The molecule has 1 aromatic carbocycles. The number of carbonyl (C=O) groups excluding carboxylic acids is 1. The van der Waals surface area contributed by atoms with Crippen molar-refractivity contribution in [1.29, 1.82) is 0 Å². The normalized spacial score (nSPS) is 20.1. The first-order valence-corrected chi connectivity index (χ1v) is 6.73. The lowest BCUT2D eigenvalue weighted by atomic mass is 10.1. The molecule has 1 amide bonds. The van der Waals surface area contributed by atoms with Gasteiger partial charge in [0.05, 0.1) is 15.4 Å². The highest BCUT2D eigenvalue weighted by Crippen LogP contribution is 2.26. The van der Waals surface area contributed by atoms with Gasteiger partial charge in [-0.2, -0.15) is 0 Å². The second-order valence-corrected chi connectivity index (χ2v) is 5.33. The number of benzene rings is 1. The van der Waals surface area contributed by atoms with Crippen molar-refractivity contribution in [2.24, 2.45) is 0 Å². The van der Waals surface area contributed by atoms with Crippen LogP contribution in [0.15, 0.2) is 22.7 Å². The predicted molar refractivity (Wildman–Crippen MR) is 73.7 cm³/mol. The fourth-order valence-electron chi connectivity index (χ4n) is 2.08. The van der Waals surface area contributed by atoms with E-state index in [1.54, 1.807) is 12.1 Å². The number of piperazine rings is 1. The highest BCUT2D eigenvalue weighted by atomic mass is 79.9. The molecule has 19 heavy (non-hydrogen) atoms. The lowest BCUT2D eigenvalue weighted by Crippen LogP contribution is -2.53. The summed E-state index contributed by atoms with van der Waals surface area (Å²) in [5, 5.41) is 13.7. The smallest absolute Gasteiger partial charge is 0.283 e. The Morgan fingerprint density at radius 2 is 2.32 bits per heavy atom. The van der Waals surface area contributed by atoms with Crippen molar-refractivity contribution in [3.05, 3.63) is 38.3 Å². The Labute approximate surface area is 119 Å². The standard InChI is InChI=1S/C12H14BrN3O3/c1-8-12(17)14-4-5-15(8)7-9-2-3-10(13)11(6-9)16(18)19/h2-3,6,8H,4-5,7H2,1H3,(H,14,17). The molecular weight excluding hydrogens is 314 g/mol. The van der Waals surface area contributed by atoms with Crippen LogP contribution >= 0.6 is 15.9 Å². The maximum absolute atomic E-state index is 11.6. The maximum atomic E-state index is 11.6. The van der Waals surface area contributed by atoms with Gasteiger partial charge >= 0.3 is 0 Å². The fraction of sp³-hybridized carbons (Fsp3) is 0.417. The number of nitro benzene ring substituents is 1. The summed E-state index contributed by atoms with van der Waals surface area (Å²) in [6.45, 7) is 3.73. The second-order valence-electron chi connectivity index (χ2n) is 4.48. The zero-order chi connectivity index (χ0) is 14.0. The Balaban J connectivity index is 2.17. The second kappa shape index (κ2) is 5.66. The molecule has 1 unspecified atom stereocenters. The molecule has 0 saturated carbocycles. The number of halogens is 1. The summed E-state index contributed by atoms with van der Waals surface area (Å²) in [5.74, 6) is -0.00198. The Kier molecular flexibility index (Phi) is 4.16. The lowest BCUT2D eigenvalue weighted by molar-refractivity contribution is -0.385. The summed E-state index contributed by atoms with van der Waals surface area (Å²) in [6, 6.07) is 4.83. The first-order valence-electron chi connectivity index (χ1n) is 5.93. The van der Waals surface area contributed by atoms with Gasteiger partial charge in [-0.1, -0.05) is 6.07 Å². The Bertz CT molecular complexity index is 521. The molecule has 0 radical (unpaired) electrons. The summed E-state index contributed by atoms with van der Waals surface area (Å²) in [7, 11) is 0. The number of rotatable bonds is 3. The number of hydrogen-bond donors (Lipinski definition) is 1. The van der Waals surface area contributed by atoms with Gasteiger partial charge in [-0.3, -0.25) is 19.8 Å². The van der Waals surface area contributed by atoms with Crippen LogP contribution in [0.2, 0.25) is 0 Å². The van der Waals surface area contributed by atoms with Crippen LogP contribution in [0, 0.1) is 10.1 Å².